The highest BCUT2D eigenvalue weighted by molar-refractivity contribution is 7.99. The van der Waals surface area contributed by atoms with Gasteiger partial charge in [-0.3, -0.25) is 0 Å². The number of rotatable bonds is 6. The lowest BCUT2D eigenvalue weighted by Crippen LogP contribution is -2.38. The zero-order valence-electron chi connectivity index (χ0n) is 11.9. The molecular formula is C13H22N2O3S2. The molecule has 0 saturated carbocycles. The van der Waals surface area contributed by atoms with Gasteiger partial charge in [-0.2, -0.15) is 11.8 Å². The molecule has 0 bridgehead atoms. The number of thioether (sulfide) groups is 1. The average molecular weight is 318 g/mol. The second kappa shape index (κ2) is 6.98. The van der Waals surface area contributed by atoms with Gasteiger partial charge in [0, 0.05) is 17.9 Å². The first-order chi connectivity index (χ1) is 9.53. The van der Waals surface area contributed by atoms with E-state index >= 15 is 0 Å². The maximum Gasteiger partial charge on any atom is 0.244 e. The third-order valence-electron chi connectivity index (χ3n) is 3.24. The van der Waals surface area contributed by atoms with Crippen LogP contribution < -0.4 is 10.0 Å². The summed E-state index contributed by atoms with van der Waals surface area (Å²) < 4.78 is 33.1. The minimum atomic E-state index is -3.48. The summed E-state index contributed by atoms with van der Waals surface area (Å²) in [5, 5.41) is 3.13. The van der Waals surface area contributed by atoms with Crippen molar-refractivity contribution in [2.75, 3.05) is 18.1 Å². The van der Waals surface area contributed by atoms with Crippen LogP contribution in [-0.4, -0.2) is 32.5 Å². The Bertz CT molecular complexity index is 534. The molecule has 1 aliphatic heterocycles. The van der Waals surface area contributed by atoms with E-state index in [9.17, 15) is 8.42 Å². The first-order valence-electron chi connectivity index (χ1n) is 6.93. The summed E-state index contributed by atoms with van der Waals surface area (Å²) in [6.07, 6.45) is 1.97. The van der Waals surface area contributed by atoms with Gasteiger partial charge >= 0.3 is 0 Å². The molecule has 2 N–H and O–H groups in total. The molecule has 0 aliphatic carbocycles. The van der Waals surface area contributed by atoms with Crippen molar-refractivity contribution in [2.24, 2.45) is 0 Å². The SMILES string of the molecule is CCNCc1cc(S(=O)(=O)NC2CCCSC2)c(C)o1. The fraction of sp³-hybridized carbons (Fsp3) is 0.692. The number of hydrogen-bond acceptors (Lipinski definition) is 5. The van der Waals surface area contributed by atoms with Crippen molar-refractivity contribution in [1.29, 1.82) is 0 Å². The summed E-state index contributed by atoms with van der Waals surface area (Å²) in [5.41, 5.74) is 0. The normalized spacial score (nSPS) is 20.2. The zero-order valence-corrected chi connectivity index (χ0v) is 13.6. The topological polar surface area (TPSA) is 71.3 Å². The van der Waals surface area contributed by atoms with E-state index in [4.69, 9.17) is 4.42 Å². The molecule has 0 aromatic carbocycles. The monoisotopic (exact) mass is 318 g/mol. The molecule has 0 spiro atoms. The van der Waals surface area contributed by atoms with E-state index in [1.54, 1.807) is 24.8 Å². The Kier molecular flexibility index (Phi) is 5.54. The number of sulfonamides is 1. The van der Waals surface area contributed by atoms with Crippen LogP contribution in [0.15, 0.2) is 15.4 Å². The summed E-state index contributed by atoms with van der Waals surface area (Å²) >= 11 is 1.80. The van der Waals surface area contributed by atoms with Gasteiger partial charge in [-0.05, 0) is 32.1 Å². The Morgan fingerprint density at radius 3 is 2.95 bits per heavy atom. The first kappa shape index (κ1) is 15.9. The molecule has 2 rings (SSSR count). The highest BCUT2D eigenvalue weighted by Crippen LogP contribution is 2.23. The van der Waals surface area contributed by atoms with Gasteiger partial charge in [0.2, 0.25) is 10.0 Å². The number of aryl methyl sites for hydroxylation is 1. The largest absolute Gasteiger partial charge is 0.464 e. The van der Waals surface area contributed by atoms with Crippen LogP contribution in [0.2, 0.25) is 0 Å². The molecule has 1 atom stereocenters. The lowest BCUT2D eigenvalue weighted by molar-refractivity contribution is 0.459. The molecule has 5 nitrogen and oxygen atoms in total. The molecule has 7 heteroatoms. The van der Waals surface area contributed by atoms with Crippen molar-refractivity contribution in [3.63, 3.8) is 0 Å². The van der Waals surface area contributed by atoms with E-state index in [1.807, 2.05) is 6.92 Å². The van der Waals surface area contributed by atoms with Crippen molar-refractivity contribution in [3.8, 4) is 0 Å². The lowest BCUT2D eigenvalue weighted by Gasteiger charge is -2.22. The van der Waals surface area contributed by atoms with Gasteiger partial charge in [0.05, 0.1) is 6.54 Å². The third kappa shape index (κ3) is 4.00. The van der Waals surface area contributed by atoms with Crippen LogP contribution in [0.5, 0.6) is 0 Å². The quantitative estimate of drug-likeness (QED) is 0.838. The van der Waals surface area contributed by atoms with E-state index in [0.717, 1.165) is 30.9 Å². The van der Waals surface area contributed by atoms with Crippen LogP contribution in [0.3, 0.4) is 0 Å². The summed E-state index contributed by atoms with van der Waals surface area (Å²) in [7, 11) is -3.48. The predicted octanol–water partition coefficient (Wildman–Crippen LogP) is 1.87. The molecule has 0 radical (unpaired) electrons. The third-order valence-corrected chi connectivity index (χ3v) is 6.09. The molecule has 1 fully saturated rings. The van der Waals surface area contributed by atoms with E-state index in [0.29, 0.717) is 18.1 Å². The molecular weight excluding hydrogens is 296 g/mol. The molecule has 1 aromatic heterocycles. The van der Waals surface area contributed by atoms with Crippen LogP contribution in [0.1, 0.15) is 31.3 Å². The van der Waals surface area contributed by atoms with Crippen LogP contribution >= 0.6 is 11.8 Å². The van der Waals surface area contributed by atoms with Gasteiger partial charge in [0.1, 0.15) is 16.4 Å². The standard InChI is InChI=1S/C13H22N2O3S2/c1-3-14-8-12-7-13(10(2)18-12)20(16,17)15-11-5-4-6-19-9-11/h7,11,14-15H,3-6,8-9H2,1-2H3. The molecule has 1 saturated heterocycles. The van der Waals surface area contributed by atoms with Crippen molar-refractivity contribution in [3.05, 3.63) is 17.6 Å². The van der Waals surface area contributed by atoms with Gasteiger partial charge < -0.3 is 9.73 Å². The Labute approximate surface area is 124 Å². The van der Waals surface area contributed by atoms with Crippen molar-refractivity contribution < 1.29 is 12.8 Å². The number of hydrogen-bond donors (Lipinski definition) is 2. The minimum absolute atomic E-state index is 0.0327. The van der Waals surface area contributed by atoms with Crippen molar-refractivity contribution in [1.82, 2.24) is 10.0 Å². The van der Waals surface area contributed by atoms with Gasteiger partial charge in [-0.1, -0.05) is 6.92 Å². The molecule has 0 amide bonds. The number of nitrogens with one attached hydrogen (secondary N) is 2. The van der Waals surface area contributed by atoms with E-state index in [-0.39, 0.29) is 10.9 Å². The highest BCUT2D eigenvalue weighted by atomic mass is 32.2. The molecule has 1 aliphatic rings. The van der Waals surface area contributed by atoms with Crippen molar-refractivity contribution >= 4 is 21.8 Å². The molecule has 1 aromatic rings. The van der Waals surface area contributed by atoms with Crippen molar-refractivity contribution in [2.45, 2.75) is 44.2 Å². The Morgan fingerprint density at radius 2 is 2.30 bits per heavy atom. The maximum atomic E-state index is 12.4. The van der Waals surface area contributed by atoms with Gasteiger partial charge in [-0.25, -0.2) is 13.1 Å². The fourth-order valence-corrected chi connectivity index (χ4v) is 4.89. The van der Waals surface area contributed by atoms with E-state index in [2.05, 4.69) is 10.0 Å². The molecule has 114 valence electrons. The molecule has 2 heterocycles. The molecule has 1 unspecified atom stereocenters. The maximum absolute atomic E-state index is 12.4. The number of furan rings is 1. The van der Waals surface area contributed by atoms with E-state index in [1.165, 1.54) is 0 Å². The summed E-state index contributed by atoms with van der Waals surface area (Å²) in [6.45, 7) is 5.06. The Balaban J connectivity index is 2.09. The zero-order chi connectivity index (χ0) is 14.6. The second-order valence-corrected chi connectivity index (χ2v) is 7.78. The second-order valence-electron chi connectivity index (χ2n) is 4.95. The smallest absolute Gasteiger partial charge is 0.244 e. The summed E-state index contributed by atoms with van der Waals surface area (Å²) in [4.78, 5) is 0.265. The lowest BCUT2D eigenvalue weighted by atomic mass is 10.2. The molecule has 20 heavy (non-hydrogen) atoms. The minimum Gasteiger partial charge on any atom is -0.464 e. The fourth-order valence-electron chi connectivity index (χ4n) is 2.24. The van der Waals surface area contributed by atoms with Gasteiger partial charge in [0.25, 0.3) is 0 Å². The van der Waals surface area contributed by atoms with Crippen LogP contribution in [-0.2, 0) is 16.6 Å². The van der Waals surface area contributed by atoms with Gasteiger partial charge in [0.15, 0.2) is 0 Å². The Hall–Kier alpha value is -0.500. The summed E-state index contributed by atoms with van der Waals surface area (Å²) in [6, 6.07) is 1.65. The van der Waals surface area contributed by atoms with E-state index < -0.39 is 10.0 Å². The first-order valence-corrected chi connectivity index (χ1v) is 9.57. The summed E-state index contributed by atoms with van der Waals surface area (Å²) in [5.74, 6) is 3.08. The van der Waals surface area contributed by atoms with Crippen LogP contribution in [0.4, 0.5) is 0 Å². The predicted molar refractivity (Wildman–Crippen MR) is 81.5 cm³/mol. The van der Waals surface area contributed by atoms with Gasteiger partial charge in [-0.15, -0.1) is 0 Å². The average Bonchev–Trinajstić information content (AvgIpc) is 2.79. The Morgan fingerprint density at radius 1 is 1.50 bits per heavy atom. The highest BCUT2D eigenvalue weighted by Gasteiger charge is 2.25. The van der Waals surface area contributed by atoms with Crippen LogP contribution in [0, 0.1) is 6.92 Å². The van der Waals surface area contributed by atoms with Crippen LogP contribution in [0.25, 0.3) is 0 Å².